The summed E-state index contributed by atoms with van der Waals surface area (Å²) < 4.78 is 2.78. The molecule has 0 saturated heterocycles. The average molecular weight is 240 g/mol. The Balaban J connectivity index is 2.61. The topological polar surface area (TPSA) is 0 Å². The van der Waals surface area contributed by atoms with E-state index in [1.165, 1.54) is 8.21 Å². The van der Waals surface area contributed by atoms with Crippen LogP contribution >= 0.6 is 31.9 Å². The summed E-state index contributed by atoms with van der Waals surface area (Å²) in [5, 5.41) is 0. The fourth-order valence-corrected chi connectivity index (χ4v) is 4.46. The zero-order valence-electron chi connectivity index (χ0n) is 3.62. The molecule has 0 bridgehead atoms. The quantitative estimate of drug-likeness (QED) is 0.564. The minimum Gasteiger partial charge on any atom is -0.0609 e. The third kappa shape index (κ3) is 1.55. The van der Waals surface area contributed by atoms with Gasteiger partial charge in [-0.3, -0.25) is 0 Å². The molecule has 0 spiro atoms. The first kappa shape index (κ1) is 5.79. The second-order valence-electron chi connectivity index (χ2n) is 1.40. The van der Waals surface area contributed by atoms with E-state index >= 15 is 0 Å². The molecule has 0 unspecified atom stereocenters. The molecule has 1 rings (SSSR count). The van der Waals surface area contributed by atoms with Crippen LogP contribution in [-0.2, 0) is 0 Å². The van der Waals surface area contributed by atoms with Gasteiger partial charge < -0.3 is 0 Å². The number of rotatable bonds is 0. The summed E-state index contributed by atoms with van der Waals surface area (Å²) in [5.74, 6) is 0. The van der Waals surface area contributed by atoms with Crippen LogP contribution in [0, 0.1) is 0 Å². The van der Waals surface area contributed by atoms with Gasteiger partial charge in [0.15, 0.2) is 0 Å². The van der Waals surface area contributed by atoms with Crippen LogP contribution in [0.2, 0.25) is 0 Å². The van der Waals surface area contributed by atoms with Crippen molar-refractivity contribution < 1.29 is 0 Å². The molecule has 0 radical (unpaired) electrons. The number of hydrogen-bond acceptors (Lipinski definition) is 0. The Morgan fingerprint density at radius 2 is 1.57 bits per heavy atom. The Hall–Kier alpha value is 0.657. The van der Waals surface area contributed by atoms with Crippen molar-refractivity contribution in [1.29, 1.82) is 0 Å². The van der Waals surface area contributed by atoms with Crippen molar-refractivity contribution in [2.75, 3.05) is 0 Å². The molecule has 0 aromatic carbocycles. The Kier molecular flexibility index (Phi) is 1.89. The van der Waals surface area contributed by atoms with Gasteiger partial charge in [-0.15, -0.1) is 0 Å². The third-order valence-electron chi connectivity index (χ3n) is 0.783. The Labute approximate surface area is 61.8 Å². The van der Waals surface area contributed by atoms with E-state index in [1.54, 1.807) is 0 Å². The minimum absolute atomic E-state index is 0.0525. The van der Waals surface area contributed by atoms with Gasteiger partial charge in [-0.05, 0) is 8.21 Å². The highest BCUT2D eigenvalue weighted by Crippen LogP contribution is 2.18. The predicted octanol–water partition coefficient (Wildman–Crippen LogP) is 1.64. The number of allylic oxidation sites excluding steroid dienone is 2. The van der Waals surface area contributed by atoms with Crippen molar-refractivity contribution in [2.45, 2.75) is 0 Å². The predicted molar refractivity (Wildman–Crippen MR) is 42.6 cm³/mol. The molecular formula is C4H4Br2Si. The summed E-state index contributed by atoms with van der Waals surface area (Å²) in [6.45, 7) is 0. The highest BCUT2D eigenvalue weighted by molar-refractivity contribution is 9.13. The van der Waals surface area contributed by atoms with Crippen LogP contribution in [0.25, 0.3) is 0 Å². The molecule has 3 heteroatoms. The molecule has 0 saturated carbocycles. The molecule has 0 amide bonds. The lowest BCUT2D eigenvalue weighted by molar-refractivity contribution is 2.11. The summed E-state index contributed by atoms with van der Waals surface area (Å²) in [4.78, 5) is 0. The van der Waals surface area contributed by atoms with Gasteiger partial charge in [-0.2, -0.15) is 0 Å². The van der Waals surface area contributed by atoms with Crippen molar-refractivity contribution in [2.24, 2.45) is 0 Å². The highest BCUT2D eigenvalue weighted by atomic mass is 79.9. The lowest BCUT2D eigenvalue weighted by Gasteiger charge is -1.81. The van der Waals surface area contributed by atoms with E-state index in [0.717, 1.165) is 0 Å². The van der Waals surface area contributed by atoms with Crippen molar-refractivity contribution in [3.05, 3.63) is 20.4 Å². The van der Waals surface area contributed by atoms with Gasteiger partial charge in [-0.25, -0.2) is 0 Å². The first-order valence-electron chi connectivity index (χ1n) is 2.00. The van der Waals surface area contributed by atoms with Crippen LogP contribution in [0.15, 0.2) is 20.4 Å². The Morgan fingerprint density at radius 3 is 1.71 bits per heavy atom. The second-order valence-corrected chi connectivity index (χ2v) is 7.39. The van der Waals surface area contributed by atoms with Gasteiger partial charge in [0, 0.05) is 0 Å². The molecule has 1 heterocycles. The molecule has 0 fully saturated rings. The van der Waals surface area contributed by atoms with E-state index < -0.39 is 0 Å². The fraction of sp³-hybridized carbons (Fsp3) is 0. The SMILES string of the molecule is BrC1=CC=C(Br)[SiH2]1. The summed E-state index contributed by atoms with van der Waals surface area (Å²) in [7, 11) is -0.0525. The molecule has 0 atom stereocenters. The van der Waals surface area contributed by atoms with Gasteiger partial charge in [0.2, 0.25) is 0 Å². The zero-order chi connectivity index (χ0) is 5.28. The third-order valence-corrected chi connectivity index (χ3v) is 4.14. The molecule has 0 aromatic heterocycles. The molecule has 38 valence electrons. The Bertz CT molecular complexity index is 121. The summed E-state index contributed by atoms with van der Waals surface area (Å²) in [5.41, 5.74) is 0. The maximum Gasteiger partial charge on any atom is 0.105 e. The molecule has 0 aliphatic carbocycles. The zero-order valence-corrected chi connectivity index (χ0v) is 8.20. The van der Waals surface area contributed by atoms with E-state index in [-0.39, 0.29) is 9.52 Å². The molecule has 1 aliphatic rings. The molecular weight excluding hydrogens is 236 g/mol. The smallest absolute Gasteiger partial charge is 0.0609 e. The molecule has 7 heavy (non-hydrogen) atoms. The monoisotopic (exact) mass is 238 g/mol. The fourth-order valence-electron chi connectivity index (χ4n) is 0.460. The molecule has 1 aliphatic heterocycles. The number of hydrogen-bond donors (Lipinski definition) is 0. The van der Waals surface area contributed by atoms with Crippen molar-refractivity contribution in [3.63, 3.8) is 0 Å². The van der Waals surface area contributed by atoms with E-state index in [9.17, 15) is 0 Å². The molecule has 0 N–H and O–H groups in total. The highest BCUT2D eigenvalue weighted by Gasteiger charge is 2.00. The lowest BCUT2D eigenvalue weighted by Crippen LogP contribution is -1.80. The van der Waals surface area contributed by atoms with Gasteiger partial charge in [0.05, 0.1) is 0 Å². The molecule has 0 nitrogen and oxygen atoms in total. The van der Waals surface area contributed by atoms with Gasteiger partial charge in [0.1, 0.15) is 9.52 Å². The average Bonchev–Trinajstić information content (AvgIpc) is 1.87. The van der Waals surface area contributed by atoms with Crippen LogP contribution < -0.4 is 0 Å². The van der Waals surface area contributed by atoms with E-state index in [4.69, 9.17) is 0 Å². The first-order chi connectivity index (χ1) is 3.29. The van der Waals surface area contributed by atoms with Crippen LogP contribution in [0.4, 0.5) is 0 Å². The van der Waals surface area contributed by atoms with E-state index in [1.807, 2.05) is 0 Å². The lowest BCUT2D eigenvalue weighted by atomic mass is 10.6. The summed E-state index contributed by atoms with van der Waals surface area (Å²) in [6.07, 6.45) is 4.21. The normalized spacial score (nSPS) is 19.1. The van der Waals surface area contributed by atoms with Crippen molar-refractivity contribution in [1.82, 2.24) is 0 Å². The van der Waals surface area contributed by atoms with E-state index in [0.29, 0.717) is 0 Å². The maximum atomic E-state index is 3.42. The van der Waals surface area contributed by atoms with Crippen LogP contribution in [0.3, 0.4) is 0 Å². The van der Waals surface area contributed by atoms with Gasteiger partial charge >= 0.3 is 0 Å². The van der Waals surface area contributed by atoms with Crippen LogP contribution in [-0.4, -0.2) is 9.52 Å². The number of halogens is 2. The largest absolute Gasteiger partial charge is 0.105 e. The summed E-state index contributed by atoms with van der Waals surface area (Å²) in [6, 6.07) is 0. The standard InChI is InChI=1S/C4H4Br2Si/c5-3-1-2-4(6)7-3/h1-2H,7H2. The van der Waals surface area contributed by atoms with Crippen molar-refractivity contribution in [3.8, 4) is 0 Å². The second kappa shape index (κ2) is 2.28. The first-order valence-corrected chi connectivity index (χ1v) is 5.00. The van der Waals surface area contributed by atoms with Gasteiger partial charge in [0.25, 0.3) is 0 Å². The summed E-state index contributed by atoms with van der Waals surface area (Å²) >= 11 is 6.84. The Morgan fingerprint density at radius 1 is 1.14 bits per heavy atom. The van der Waals surface area contributed by atoms with Crippen LogP contribution in [0.1, 0.15) is 0 Å². The van der Waals surface area contributed by atoms with Gasteiger partial charge in [-0.1, -0.05) is 44.0 Å². The maximum absolute atomic E-state index is 3.42. The minimum atomic E-state index is -0.0525. The van der Waals surface area contributed by atoms with E-state index in [2.05, 4.69) is 44.0 Å². The van der Waals surface area contributed by atoms with Crippen molar-refractivity contribution >= 4 is 41.4 Å². The van der Waals surface area contributed by atoms with Crippen LogP contribution in [0.5, 0.6) is 0 Å². The molecule has 0 aromatic rings.